The van der Waals surface area contributed by atoms with Crippen molar-refractivity contribution in [3.05, 3.63) is 65.9 Å². The van der Waals surface area contributed by atoms with Crippen LogP contribution in [0.2, 0.25) is 0 Å². The highest BCUT2D eigenvalue weighted by molar-refractivity contribution is 6.01. The van der Waals surface area contributed by atoms with Crippen molar-refractivity contribution in [1.29, 1.82) is 5.26 Å². The van der Waals surface area contributed by atoms with Gasteiger partial charge in [-0.3, -0.25) is 4.79 Å². The molecule has 7 nitrogen and oxygen atoms in total. The van der Waals surface area contributed by atoms with Gasteiger partial charge in [0.05, 0.1) is 5.69 Å². The van der Waals surface area contributed by atoms with Gasteiger partial charge in [0, 0.05) is 17.3 Å². The molecular weight excluding hydrogens is 356 g/mol. The zero-order valence-electron chi connectivity index (χ0n) is 14.8. The number of amides is 1. The van der Waals surface area contributed by atoms with Gasteiger partial charge in [0.1, 0.15) is 30.6 Å². The maximum Gasteiger partial charge on any atom is 0.259 e. The Bertz CT molecular complexity index is 1110. The van der Waals surface area contributed by atoms with Crippen LogP contribution in [-0.4, -0.2) is 28.9 Å². The van der Waals surface area contributed by atoms with Crippen LogP contribution in [0.25, 0.3) is 23.0 Å². The fraction of sp³-hybridized carbons (Fsp3) is 0.0952. The zero-order valence-corrected chi connectivity index (χ0v) is 14.8. The number of carbonyl (C=O) groups excluding carboxylic acids is 1. The van der Waals surface area contributed by atoms with Crippen LogP contribution >= 0.6 is 0 Å². The Kier molecular flexibility index (Phi) is 4.52. The topological polar surface area (TPSA) is 103 Å². The van der Waals surface area contributed by atoms with Gasteiger partial charge in [-0.2, -0.15) is 10.4 Å². The van der Waals surface area contributed by atoms with E-state index >= 15 is 0 Å². The van der Waals surface area contributed by atoms with Crippen molar-refractivity contribution in [3.8, 4) is 34.5 Å². The van der Waals surface area contributed by atoms with Crippen LogP contribution in [0, 0.1) is 11.3 Å². The molecule has 0 spiro atoms. The van der Waals surface area contributed by atoms with Crippen LogP contribution in [0.15, 0.2) is 60.3 Å². The molecule has 1 aliphatic rings. The number of para-hydroxylation sites is 1. The maximum atomic E-state index is 11.5. The number of primary amides is 1. The van der Waals surface area contributed by atoms with Crippen LogP contribution in [0.5, 0.6) is 11.5 Å². The van der Waals surface area contributed by atoms with Gasteiger partial charge in [0.2, 0.25) is 0 Å². The largest absolute Gasteiger partial charge is 0.486 e. The summed E-state index contributed by atoms with van der Waals surface area (Å²) in [5, 5.41) is 13.9. The van der Waals surface area contributed by atoms with E-state index in [-0.39, 0.29) is 5.57 Å². The molecule has 1 aromatic heterocycles. The van der Waals surface area contributed by atoms with Crippen LogP contribution in [0.4, 0.5) is 0 Å². The lowest BCUT2D eigenvalue weighted by atomic mass is 10.1. The fourth-order valence-corrected chi connectivity index (χ4v) is 2.93. The van der Waals surface area contributed by atoms with Crippen LogP contribution in [0.1, 0.15) is 5.56 Å². The first kappa shape index (κ1) is 17.4. The molecule has 0 atom stereocenters. The molecule has 3 aromatic rings. The number of hydrogen-bond acceptors (Lipinski definition) is 5. The summed E-state index contributed by atoms with van der Waals surface area (Å²) in [4.78, 5) is 11.5. The summed E-state index contributed by atoms with van der Waals surface area (Å²) in [6.07, 6.45) is 3.20. The molecular formula is C21H16N4O3. The summed E-state index contributed by atoms with van der Waals surface area (Å²) in [5.74, 6) is 0.510. The molecule has 1 amide bonds. The Morgan fingerprint density at radius 1 is 1.14 bits per heavy atom. The predicted molar refractivity (Wildman–Crippen MR) is 103 cm³/mol. The van der Waals surface area contributed by atoms with Gasteiger partial charge in [-0.1, -0.05) is 18.2 Å². The lowest BCUT2D eigenvalue weighted by Crippen LogP contribution is -2.15. The van der Waals surface area contributed by atoms with Crippen molar-refractivity contribution < 1.29 is 14.3 Å². The van der Waals surface area contributed by atoms with Crippen molar-refractivity contribution in [2.45, 2.75) is 0 Å². The second-order valence-corrected chi connectivity index (χ2v) is 6.11. The lowest BCUT2D eigenvalue weighted by Gasteiger charge is -2.18. The summed E-state index contributed by atoms with van der Waals surface area (Å²) >= 11 is 0. The summed E-state index contributed by atoms with van der Waals surface area (Å²) in [7, 11) is 0. The zero-order chi connectivity index (χ0) is 19.5. The van der Waals surface area contributed by atoms with E-state index in [1.54, 1.807) is 10.9 Å². The van der Waals surface area contributed by atoms with E-state index in [2.05, 4.69) is 5.10 Å². The summed E-state index contributed by atoms with van der Waals surface area (Å²) in [6.45, 7) is 0.981. The Morgan fingerprint density at radius 3 is 2.61 bits per heavy atom. The average Bonchev–Trinajstić information content (AvgIpc) is 3.16. The van der Waals surface area contributed by atoms with Crippen molar-refractivity contribution in [1.82, 2.24) is 9.78 Å². The normalized spacial score (nSPS) is 13.0. The van der Waals surface area contributed by atoms with E-state index in [4.69, 9.17) is 15.2 Å². The molecule has 28 heavy (non-hydrogen) atoms. The maximum absolute atomic E-state index is 11.5. The molecule has 0 aliphatic carbocycles. The number of benzene rings is 2. The first-order valence-electron chi connectivity index (χ1n) is 8.62. The minimum atomic E-state index is -0.789. The third kappa shape index (κ3) is 3.31. The number of nitrogens with two attached hydrogens (primary N) is 1. The first-order valence-corrected chi connectivity index (χ1v) is 8.62. The molecule has 2 aromatic carbocycles. The van der Waals surface area contributed by atoms with E-state index in [1.165, 1.54) is 6.08 Å². The molecule has 0 fully saturated rings. The Balaban J connectivity index is 1.86. The Hall–Kier alpha value is -4.05. The van der Waals surface area contributed by atoms with Crippen LogP contribution < -0.4 is 15.2 Å². The number of aromatic nitrogens is 2. The molecule has 0 saturated carbocycles. The molecule has 1 aliphatic heterocycles. The van der Waals surface area contributed by atoms with Gasteiger partial charge in [0.15, 0.2) is 11.5 Å². The predicted octanol–water partition coefficient (Wildman–Crippen LogP) is 2.70. The molecule has 4 rings (SSSR count). The quantitative estimate of drug-likeness (QED) is 0.560. The number of nitriles is 1. The van der Waals surface area contributed by atoms with Gasteiger partial charge >= 0.3 is 0 Å². The minimum absolute atomic E-state index is 0.147. The number of fused-ring (bicyclic) bond motifs is 1. The van der Waals surface area contributed by atoms with Gasteiger partial charge in [0.25, 0.3) is 5.91 Å². The highest BCUT2D eigenvalue weighted by Gasteiger charge is 2.17. The highest BCUT2D eigenvalue weighted by Crippen LogP contribution is 2.35. The second-order valence-electron chi connectivity index (χ2n) is 6.11. The fourth-order valence-electron chi connectivity index (χ4n) is 2.93. The van der Waals surface area contributed by atoms with Gasteiger partial charge in [-0.05, 0) is 36.4 Å². The second kappa shape index (κ2) is 7.29. The summed E-state index contributed by atoms with van der Waals surface area (Å²) in [5.41, 5.74) is 7.95. The van der Waals surface area contributed by atoms with Crippen molar-refractivity contribution in [3.63, 3.8) is 0 Å². The highest BCUT2D eigenvalue weighted by atomic mass is 16.6. The van der Waals surface area contributed by atoms with Crippen molar-refractivity contribution in [2.75, 3.05) is 13.2 Å². The third-order valence-corrected chi connectivity index (χ3v) is 4.26. The molecule has 0 saturated heterocycles. The molecule has 0 radical (unpaired) electrons. The van der Waals surface area contributed by atoms with Gasteiger partial charge in [-0.15, -0.1) is 0 Å². The molecule has 2 heterocycles. The SMILES string of the molecule is N#C/C(=C/c1cn(-c2ccccc2)nc1-c1ccc2c(c1)OCCO2)C(N)=O. The average molecular weight is 372 g/mol. The minimum Gasteiger partial charge on any atom is -0.486 e. The van der Waals surface area contributed by atoms with Crippen LogP contribution in [-0.2, 0) is 4.79 Å². The van der Waals surface area contributed by atoms with Crippen molar-refractivity contribution >= 4 is 12.0 Å². The number of hydrogen-bond donors (Lipinski definition) is 1. The molecule has 2 N–H and O–H groups in total. The van der Waals surface area contributed by atoms with Crippen molar-refractivity contribution in [2.24, 2.45) is 5.73 Å². The van der Waals surface area contributed by atoms with E-state index in [1.807, 2.05) is 54.6 Å². The standard InChI is InChI=1S/C21H16N4O3/c22-12-15(21(23)26)10-16-13-25(17-4-2-1-3-5-17)24-20(16)14-6-7-18-19(11-14)28-9-8-27-18/h1-7,10-11,13H,8-9H2,(H2,23,26)/b15-10-. The Morgan fingerprint density at radius 2 is 1.89 bits per heavy atom. The monoisotopic (exact) mass is 372 g/mol. The molecule has 0 bridgehead atoms. The van der Waals surface area contributed by atoms with E-state index in [0.717, 1.165) is 11.3 Å². The first-order chi connectivity index (χ1) is 13.7. The summed E-state index contributed by atoms with van der Waals surface area (Å²) in [6, 6.07) is 16.9. The van der Waals surface area contributed by atoms with E-state index in [9.17, 15) is 10.1 Å². The van der Waals surface area contributed by atoms with E-state index in [0.29, 0.717) is 36.0 Å². The van der Waals surface area contributed by atoms with Gasteiger partial charge < -0.3 is 15.2 Å². The number of carbonyl (C=O) groups is 1. The number of ether oxygens (including phenoxy) is 2. The van der Waals surface area contributed by atoms with E-state index < -0.39 is 5.91 Å². The summed E-state index contributed by atoms with van der Waals surface area (Å²) < 4.78 is 12.9. The lowest BCUT2D eigenvalue weighted by molar-refractivity contribution is -0.114. The third-order valence-electron chi connectivity index (χ3n) is 4.26. The van der Waals surface area contributed by atoms with Crippen LogP contribution in [0.3, 0.4) is 0 Å². The molecule has 7 heteroatoms. The number of nitrogens with zero attached hydrogens (tertiary/aromatic N) is 3. The molecule has 0 unspecified atom stereocenters. The number of rotatable bonds is 4. The molecule has 138 valence electrons. The van der Waals surface area contributed by atoms with Gasteiger partial charge in [-0.25, -0.2) is 4.68 Å². The smallest absolute Gasteiger partial charge is 0.259 e. The Labute approximate surface area is 161 Å².